The van der Waals surface area contributed by atoms with Crippen molar-refractivity contribution in [2.24, 2.45) is 0 Å². The zero-order valence-corrected chi connectivity index (χ0v) is 9.87. The Hall–Kier alpha value is -1.15. The lowest BCUT2D eigenvalue weighted by atomic mass is 10.0. The van der Waals surface area contributed by atoms with Crippen molar-refractivity contribution in [2.45, 2.75) is 46.7 Å². The van der Waals surface area contributed by atoms with E-state index < -0.39 is 0 Å². The minimum Gasteiger partial charge on any atom is -0.303 e. The number of benzene rings is 1. The predicted octanol–water partition coefficient (Wildman–Crippen LogP) is 3.28. The summed E-state index contributed by atoms with van der Waals surface area (Å²) in [7, 11) is 0. The second-order valence-electron chi connectivity index (χ2n) is 4.85. The Labute approximate surface area is 99.1 Å². The molecule has 90 valence electrons. The lowest BCUT2D eigenvalue weighted by molar-refractivity contribution is 0.0936. The highest BCUT2D eigenvalue weighted by molar-refractivity contribution is 5.99. The van der Waals surface area contributed by atoms with E-state index in [1.807, 2.05) is 37.3 Å². The van der Waals surface area contributed by atoms with Crippen LogP contribution in [0.4, 0.5) is 0 Å². The molecule has 0 radical (unpaired) electrons. The van der Waals surface area contributed by atoms with Crippen molar-refractivity contribution in [3.63, 3.8) is 0 Å². The van der Waals surface area contributed by atoms with E-state index in [9.17, 15) is 4.79 Å². The lowest BCUT2D eigenvalue weighted by Gasteiger charge is -2.25. The van der Waals surface area contributed by atoms with Crippen LogP contribution >= 0.6 is 0 Å². The fourth-order valence-electron chi connectivity index (χ4n) is 1.57. The lowest BCUT2D eigenvalue weighted by Crippen LogP contribution is -2.46. The third kappa shape index (κ3) is 4.58. The van der Waals surface area contributed by atoms with Crippen LogP contribution in [-0.2, 0) is 0 Å². The molecule has 0 saturated heterocycles. The first-order valence-electron chi connectivity index (χ1n) is 5.27. The Kier molecular flexibility index (Phi) is 5.39. The summed E-state index contributed by atoms with van der Waals surface area (Å²) in [6.07, 6.45) is 0. The summed E-state index contributed by atoms with van der Waals surface area (Å²) < 4.78 is 0. The van der Waals surface area contributed by atoms with Gasteiger partial charge in [-0.2, -0.15) is 0 Å². The molecule has 2 heteroatoms. The largest absolute Gasteiger partial charge is 0.303 e. The molecule has 1 N–H and O–H groups in total. The molecule has 1 aromatic rings. The Morgan fingerprint density at radius 2 is 1.69 bits per heavy atom. The van der Waals surface area contributed by atoms with Gasteiger partial charge in [0.1, 0.15) is 0 Å². The molecule has 1 unspecified atom stereocenters. The van der Waals surface area contributed by atoms with Gasteiger partial charge in [-0.05, 0) is 27.7 Å². The van der Waals surface area contributed by atoms with E-state index in [0.29, 0.717) is 0 Å². The molecule has 0 bridgehead atoms. The van der Waals surface area contributed by atoms with Gasteiger partial charge in [-0.1, -0.05) is 37.8 Å². The normalized spacial score (nSPS) is 12.8. The molecule has 0 amide bonds. The number of carbonyl (C=O) groups is 1. The molecule has 16 heavy (non-hydrogen) atoms. The standard InChI is InChI=1S/C13H19NO.CH4/c1-10(14-13(2,3)4)12(15)11-8-6-5-7-9-11;/h5-10,14H,1-4H3;1H4. The van der Waals surface area contributed by atoms with Gasteiger partial charge in [0.25, 0.3) is 0 Å². The zero-order chi connectivity index (χ0) is 11.5. The minimum absolute atomic E-state index is 0. The van der Waals surface area contributed by atoms with Gasteiger partial charge in [0.15, 0.2) is 5.78 Å². The summed E-state index contributed by atoms with van der Waals surface area (Å²) in [6.45, 7) is 8.08. The minimum atomic E-state index is -0.146. The van der Waals surface area contributed by atoms with E-state index >= 15 is 0 Å². The Balaban J connectivity index is 0.00000225. The zero-order valence-electron chi connectivity index (χ0n) is 9.87. The van der Waals surface area contributed by atoms with Crippen molar-refractivity contribution in [2.75, 3.05) is 0 Å². The van der Waals surface area contributed by atoms with Gasteiger partial charge in [0, 0.05) is 11.1 Å². The van der Waals surface area contributed by atoms with Crippen LogP contribution in [0.2, 0.25) is 0 Å². The van der Waals surface area contributed by atoms with Crippen molar-refractivity contribution in [3.8, 4) is 0 Å². The molecule has 0 fully saturated rings. The summed E-state index contributed by atoms with van der Waals surface area (Å²) in [6, 6.07) is 9.24. The second kappa shape index (κ2) is 5.80. The summed E-state index contributed by atoms with van der Waals surface area (Å²) in [5.74, 6) is 0.144. The predicted molar refractivity (Wildman–Crippen MR) is 69.9 cm³/mol. The molecule has 0 aliphatic heterocycles. The molecule has 0 aliphatic rings. The van der Waals surface area contributed by atoms with Crippen molar-refractivity contribution in [3.05, 3.63) is 35.9 Å². The van der Waals surface area contributed by atoms with Crippen LogP contribution in [0, 0.1) is 0 Å². The van der Waals surface area contributed by atoms with E-state index in [1.54, 1.807) is 0 Å². The van der Waals surface area contributed by atoms with E-state index in [2.05, 4.69) is 26.1 Å². The average molecular weight is 221 g/mol. The first-order valence-corrected chi connectivity index (χ1v) is 5.27. The Bertz CT molecular complexity index is 324. The van der Waals surface area contributed by atoms with E-state index in [0.717, 1.165) is 5.56 Å². The van der Waals surface area contributed by atoms with Gasteiger partial charge < -0.3 is 5.32 Å². The highest BCUT2D eigenvalue weighted by Gasteiger charge is 2.20. The highest BCUT2D eigenvalue weighted by Crippen LogP contribution is 2.07. The fraction of sp³-hybridized carbons (Fsp3) is 0.500. The van der Waals surface area contributed by atoms with Crippen molar-refractivity contribution < 1.29 is 4.79 Å². The van der Waals surface area contributed by atoms with E-state index in [4.69, 9.17) is 0 Å². The molecular weight excluding hydrogens is 198 g/mol. The van der Waals surface area contributed by atoms with Gasteiger partial charge >= 0.3 is 0 Å². The molecular formula is C14H23NO. The fourth-order valence-corrected chi connectivity index (χ4v) is 1.57. The number of Topliss-reactive ketones (excluding diaryl/α,β-unsaturated/α-hetero) is 1. The number of hydrogen-bond acceptors (Lipinski definition) is 2. The average Bonchev–Trinajstić information content (AvgIpc) is 2.15. The third-order valence-corrected chi connectivity index (χ3v) is 2.10. The molecule has 1 aromatic carbocycles. The van der Waals surface area contributed by atoms with Gasteiger partial charge in [-0.15, -0.1) is 0 Å². The van der Waals surface area contributed by atoms with Crippen LogP contribution in [-0.4, -0.2) is 17.4 Å². The maximum Gasteiger partial charge on any atom is 0.179 e. The Morgan fingerprint density at radius 3 is 2.12 bits per heavy atom. The first kappa shape index (κ1) is 14.8. The third-order valence-electron chi connectivity index (χ3n) is 2.10. The van der Waals surface area contributed by atoms with E-state index in [1.165, 1.54) is 0 Å². The van der Waals surface area contributed by atoms with Crippen LogP contribution in [0.5, 0.6) is 0 Å². The number of ketones is 1. The quantitative estimate of drug-likeness (QED) is 0.794. The van der Waals surface area contributed by atoms with Crippen molar-refractivity contribution in [1.29, 1.82) is 0 Å². The SMILES string of the molecule is C.CC(NC(C)(C)C)C(=O)c1ccccc1. The maximum absolute atomic E-state index is 12.0. The van der Waals surface area contributed by atoms with Gasteiger partial charge in [0.05, 0.1) is 6.04 Å². The topological polar surface area (TPSA) is 29.1 Å². The van der Waals surface area contributed by atoms with E-state index in [-0.39, 0.29) is 24.8 Å². The molecule has 1 atom stereocenters. The molecule has 0 aliphatic carbocycles. The molecule has 0 saturated carbocycles. The maximum atomic E-state index is 12.0. The van der Waals surface area contributed by atoms with Gasteiger partial charge in [0.2, 0.25) is 0 Å². The molecule has 0 aromatic heterocycles. The molecule has 2 nitrogen and oxygen atoms in total. The summed E-state index contributed by atoms with van der Waals surface area (Å²) in [5, 5.41) is 3.27. The van der Waals surface area contributed by atoms with Crippen LogP contribution in [0.1, 0.15) is 45.5 Å². The smallest absolute Gasteiger partial charge is 0.179 e. The van der Waals surface area contributed by atoms with Gasteiger partial charge in [-0.3, -0.25) is 4.79 Å². The number of rotatable bonds is 3. The first-order chi connectivity index (χ1) is 6.90. The van der Waals surface area contributed by atoms with Crippen molar-refractivity contribution in [1.82, 2.24) is 5.32 Å². The molecule has 0 spiro atoms. The second-order valence-corrected chi connectivity index (χ2v) is 4.85. The van der Waals surface area contributed by atoms with Crippen LogP contribution in [0.15, 0.2) is 30.3 Å². The molecule has 0 heterocycles. The molecule has 1 rings (SSSR count). The Morgan fingerprint density at radius 1 is 1.19 bits per heavy atom. The number of hydrogen-bond donors (Lipinski definition) is 1. The summed E-state index contributed by atoms with van der Waals surface area (Å²) >= 11 is 0. The van der Waals surface area contributed by atoms with Crippen molar-refractivity contribution >= 4 is 5.78 Å². The van der Waals surface area contributed by atoms with Gasteiger partial charge in [-0.25, -0.2) is 0 Å². The highest BCUT2D eigenvalue weighted by atomic mass is 16.1. The van der Waals surface area contributed by atoms with Crippen LogP contribution in [0.3, 0.4) is 0 Å². The van der Waals surface area contributed by atoms with Crippen LogP contribution < -0.4 is 5.32 Å². The number of carbonyl (C=O) groups excluding carboxylic acids is 1. The van der Waals surface area contributed by atoms with Crippen LogP contribution in [0.25, 0.3) is 0 Å². The monoisotopic (exact) mass is 221 g/mol. The summed E-state index contributed by atoms with van der Waals surface area (Å²) in [5.41, 5.74) is 0.728. The number of nitrogens with one attached hydrogen (secondary N) is 1. The summed E-state index contributed by atoms with van der Waals surface area (Å²) in [4.78, 5) is 12.0.